The van der Waals surface area contributed by atoms with Crippen molar-refractivity contribution in [2.24, 2.45) is 0 Å². The molecule has 3 unspecified atom stereocenters. The highest BCUT2D eigenvalue weighted by Gasteiger charge is 2.33. The van der Waals surface area contributed by atoms with Crippen molar-refractivity contribution >= 4 is 40.3 Å². The molecule has 0 radical (unpaired) electrons. The van der Waals surface area contributed by atoms with E-state index in [4.69, 9.17) is 18.9 Å². The second-order valence-electron chi connectivity index (χ2n) is 15.4. The summed E-state index contributed by atoms with van der Waals surface area (Å²) in [5.74, 6) is -2.22. The number of Topliss-reactive ketones (excluding diaryl/α,β-unsaturated/α-hetero) is 1. The van der Waals surface area contributed by atoms with Crippen LogP contribution in [0, 0.1) is 0 Å². The number of carbonyl (C=O) groups is 3. The minimum atomic E-state index is -1.02. The Balaban J connectivity index is 1.42. The number of hydrogen-bond acceptors (Lipinski definition) is 10. The Labute approximate surface area is 351 Å². The summed E-state index contributed by atoms with van der Waals surface area (Å²) in [6.07, 6.45) is 7.63. The van der Waals surface area contributed by atoms with Crippen LogP contribution < -0.4 is 24.4 Å². The van der Waals surface area contributed by atoms with Gasteiger partial charge in [-0.25, -0.2) is 4.79 Å². The minimum absolute atomic E-state index is 0.0460. The maximum absolute atomic E-state index is 14.4. The molecule has 0 saturated heterocycles. The van der Waals surface area contributed by atoms with E-state index in [0.29, 0.717) is 61.3 Å². The van der Waals surface area contributed by atoms with Gasteiger partial charge < -0.3 is 44.4 Å². The lowest BCUT2D eigenvalue weighted by atomic mass is 9.84. The predicted molar refractivity (Wildman–Crippen MR) is 233 cm³/mol. The third-order valence-electron chi connectivity index (χ3n) is 11.2. The fourth-order valence-electron chi connectivity index (χ4n) is 7.98. The summed E-state index contributed by atoms with van der Waals surface area (Å²) in [7, 11) is 8.38. The number of carbonyl (C=O) groups excluding carboxylic acids is 3. The number of allylic oxidation sites excluding steroid dienone is 1. The number of methoxy groups -OCH3 is 3. The standard InChI is InChI=1S/C48H55N3O9/c1-29-13-12-16-34(52)15-9-7-8-14-31-23-40(53)45(46(55)44(31)48(56)60-29)36(32-24-41(57-4)47(59-6)42(25-32)58-5)26-43(54)50-27-37(30-19-21-33(22-20-30)51(2)3)38-28-49-39-18-11-10-17-35(38)39/h8,10-11,14,17-25,28-29,36-37,49,53,55H,7,9,12-13,15-16,26-27H2,1-6H3,(H,50,54). The number of phenols is 2. The molecule has 6 rings (SSSR count). The molecule has 4 aromatic carbocycles. The van der Waals surface area contributed by atoms with Crippen molar-refractivity contribution in [1.82, 2.24) is 10.3 Å². The number of rotatable bonds is 12. The number of phenolic OH excluding ortho intramolecular Hbond substituents is 2. The van der Waals surface area contributed by atoms with Crippen LogP contribution in [0.5, 0.6) is 28.7 Å². The van der Waals surface area contributed by atoms with Crippen molar-refractivity contribution in [3.05, 3.63) is 112 Å². The molecule has 5 aromatic rings. The van der Waals surface area contributed by atoms with Gasteiger partial charge >= 0.3 is 5.97 Å². The topological polar surface area (TPSA) is 160 Å². The Morgan fingerprint density at radius 2 is 1.62 bits per heavy atom. The van der Waals surface area contributed by atoms with Crippen LogP contribution in [0.2, 0.25) is 0 Å². The van der Waals surface area contributed by atoms with E-state index in [1.54, 1.807) is 31.2 Å². The molecule has 316 valence electrons. The van der Waals surface area contributed by atoms with E-state index in [1.165, 1.54) is 27.4 Å². The third-order valence-corrected chi connectivity index (χ3v) is 11.2. The second-order valence-corrected chi connectivity index (χ2v) is 15.4. The summed E-state index contributed by atoms with van der Waals surface area (Å²) < 4.78 is 22.8. The molecule has 3 atom stereocenters. The first-order chi connectivity index (χ1) is 28.9. The average Bonchev–Trinajstić information content (AvgIpc) is 3.66. The number of aromatic nitrogens is 1. The van der Waals surface area contributed by atoms with Gasteiger partial charge in [0.15, 0.2) is 11.5 Å². The monoisotopic (exact) mass is 817 g/mol. The Kier molecular flexibility index (Phi) is 14.1. The lowest BCUT2D eigenvalue weighted by Crippen LogP contribution is -2.30. The van der Waals surface area contributed by atoms with Crippen LogP contribution in [-0.4, -0.2) is 80.9 Å². The van der Waals surface area contributed by atoms with Crippen molar-refractivity contribution in [1.29, 1.82) is 0 Å². The number of benzene rings is 4. The molecular formula is C48H55N3O9. The lowest BCUT2D eigenvalue weighted by Gasteiger charge is -2.25. The molecule has 12 heteroatoms. The summed E-state index contributed by atoms with van der Waals surface area (Å²) >= 11 is 0. The summed E-state index contributed by atoms with van der Waals surface area (Å²) in [6, 6.07) is 20.9. The number of aromatic hydroxyl groups is 2. The van der Waals surface area contributed by atoms with Gasteiger partial charge in [-0.05, 0) is 91.3 Å². The number of hydrogen-bond donors (Lipinski definition) is 4. The van der Waals surface area contributed by atoms with Gasteiger partial charge in [-0.15, -0.1) is 0 Å². The first-order valence-corrected chi connectivity index (χ1v) is 20.3. The van der Waals surface area contributed by atoms with Crippen LogP contribution in [-0.2, 0) is 14.3 Å². The number of H-pyrrole nitrogens is 1. The first-order valence-electron chi connectivity index (χ1n) is 20.3. The normalized spacial score (nSPS) is 15.9. The largest absolute Gasteiger partial charge is 0.507 e. The van der Waals surface area contributed by atoms with E-state index in [0.717, 1.165) is 27.7 Å². The highest BCUT2D eigenvalue weighted by molar-refractivity contribution is 5.98. The van der Waals surface area contributed by atoms with Crippen molar-refractivity contribution in [3.8, 4) is 28.7 Å². The Morgan fingerprint density at radius 1 is 0.917 bits per heavy atom. The van der Waals surface area contributed by atoms with E-state index in [-0.39, 0.29) is 53.0 Å². The average molecular weight is 818 g/mol. The summed E-state index contributed by atoms with van der Waals surface area (Å²) in [5.41, 5.74) is 4.53. The van der Waals surface area contributed by atoms with Crippen LogP contribution in [0.3, 0.4) is 0 Å². The molecule has 60 heavy (non-hydrogen) atoms. The second kappa shape index (κ2) is 19.5. The number of nitrogens with one attached hydrogen (secondary N) is 2. The van der Waals surface area contributed by atoms with Crippen LogP contribution >= 0.6 is 0 Å². The van der Waals surface area contributed by atoms with Gasteiger partial charge in [0.2, 0.25) is 11.7 Å². The molecule has 0 spiro atoms. The van der Waals surface area contributed by atoms with Crippen molar-refractivity contribution < 1.29 is 43.5 Å². The van der Waals surface area contributed by atoms with Gasteiger partial charge in [-0.2, -0.15) is 0 Å². The van der Waals surface area contributed by atoms with E-state index in [1.807, 2.05) is 61.6 Å². The number of esters is 1. The lowest BCUT2D eigenvalue weighted by molar-refractivity contribution is -0.121. The van der Waals surface area contributed by atoms with Gasteiger partial charge in [-0.3, -0.25) is 9.59 Å². The fraction of sp³-hybridized carbons (Fsp3) is 0.354. The number of cyclic esters (lactones) is 1. The van der Waals surface area contributed by atoms with Gasteiger partial charge in [0.25, 0.3) is 0 Å². The van der Waals surface area contributed by atoms with Gasteiger partial charge in [-0.1, -0.05) is 42.5 Å². The SMILES string of the molecule is COc1cc(C(CC(=O)NCC(c2ccc(N(C)C)cc2)c2c[nH]c3ccccc23)c2c(O)cc3c(c2O)C(=O)OC(C)CCCC(=O)CCCC=C3)cc(OC)c1OC. The maximum atomic E-state index is 14.4. The van der Waals surface area contributed by atoms with Crippen LogP contribution in [0.15, 0.2) is 79.0 Å². The number of anilines is 1. The Morgan fingerprint density at radius 3 is 2.30 bits per heavy atom. The number of aromatic amines is 1. The smallest absolute Gasteiger partial charge is 0.342 e. The highest BCUT2D eigenvalue weighted by Crippen LogP contribution is 2.48. The third kappa shape index (κ3) is 9.71. The molecule has 2 heterocycles. The van der Waals surface area contributed by atoms with Crippen LogP contribution in [0.4, 0.5) is 5.69 Å². The summed E-state index contributed by atoms with van der Waals surface area (Å²) in [5, 5.41) is 28.2. The molecular weight excluding hydrogens is 763 g/mol. The van der Waals surface area contributed by atoms with Crippen LogP contribution in [0.25, 0.3) is 17.0 Å². The van der Waals surface area contributed by atoms with Gasteiger partial charge in [0.05, 0.1) is 27.4 Å². The van der Waals surface area contributed by atoms with E-state index >= 15 is 0 Å². The van der Waals surface area contributed by atoms with Crippen molar-refractivity contribution in [2.75, 3.05) is 46.9 Å². The molecule has 1 aliphatic heterocycles. The quantitative estimate of drug-likeness (QED) is 0.0898. The molecule has 12 nitrogen and oxygen atoms in total. The number of para-hydroxylation sites is 1. The van der Waals surface area contributed by atoms with Crippen molar-refractivity contribution in [3.63, 3.8) is 0 Å². The molecule has 0 aliphatic carbocycles. The summed E-state index contributed by atoms with van der Waals surface area (Å²) in [6.45, 7) is 1.97. The van der Waals surface area contributed by atoms with E-state index in [9.17, 15) is 24.6 Å². The predicted octanol–water partition coefficient (Wildman–Crippen LogP) is 8.62. The number of nitrogens with zero attached hydrogens (tertiary/aromatic N) is 1. The number of amides is 1. The molecule has 1 aromatic heterocycles. The van der Waals surface area contributed by atoms with Crippen molar-refractivity contribution in [2.45, 2.75) is 69.8 Å². The number of fused-ring (bicyclic) bond motifs is 2. The van der Waals surface area contributed by atoms with E-state index in [2.05, 4.69) is 22.4 Å². The molecule has 1 aliphatic rings. The number of ketones is 1. The Bertz CT molecular complexity index is 2320. The Hall–Kier alpha value is -6.43. The number of ether oxygens (including phenoxy) is 4. The summed E-state index contributed by atoms with van der Waals surface area (Å²) in [4.78, 5) is 46.1. The van der Waals surface area contributed by atoms with E-state index < -0.39 is 23.7 Å². The molecule has 1 amide bonds. The van der Waals surface area contributed by atoms with Gasteiger partial charge in [0, 0.05) is 80.1 Å². The molecule has 0 saturated carbocycles. The zero-order valence-corrected chi connectivity index (χ0v) is 35.2. The van der Waals surface area contributed by atoms with Gasteiger partial charge in [0.1, 0.15) is 22.8 Å². The highest BCUT2D eigenvalue weighted by atomic mass is 16.5. The minimum Gasteiger partial charge on any atom is -0.507 e. The molecule has 0 bridgehead atoms. The van der Waals surface area contributed by atoms with Crippen LogP contribution in [0.1, 0.15) is 102 Å². The first kappa shape index (κ1) is 43.2. The maximum Gasteiger partial charge on any atom is 0.342 e. The molecule has 4 N–H and O–H groups in total. The molecule has 0 fully saturated rings. The fourth-order valence-corrected chi connectivity index (χ4v) is 7.98. The zero-order valence-electron chi connectivity index (χ0n) is 35.2. The zero-order chi connectivity index (χ0) is 42.9.